The molecule has 0 aromatic carbocycles. The van der Waals surface area contributed by atoms with Crippen molar-refractivity contribution in [2.24, 2.45) is 5.92 Å². The zero-order valence-corrected chi connectivity index (χ0v) is 13.4. The summed E-state index contributed by atoms with van der Waals surface area (Å²) in [5, 5.41) is 15.8. The normalized spacial score (nSPS) is 22.8. The maximum atomic E-state index is 11.7. The van der Waals surface area contributed by atoms with Crippen molar-refractivity contribution >= 4 is 6.03 Å². The minimum Gasteiger partial charge on any atom is -0.388 e. The minimum absolute atomic E-state index is 0.185. The number of rotatable bonds is 7. The standard InChI is InChI=1S/C15H31N3O2/c1-12(2)7-8-15(3,20)11-17-14(19)16-10-13-6-5-9-18(13)4/h12-13,20H,5-11H2,1-4H3,(H2,16,17,19). The van der Waals surface area contributed by atoms with Crippen LogP contribution in [0.15, 0.2) is 0 Å². The molecule has 0 aromatic heterocycles. The molecule has 2 unspecified atom stereocenters. The van der Waals surface area contributed by atoms with Gasteiger partial charge in [0.05, 0.1) is 5.60 Å². The van der Waals surface area contributed by atoms with Gasteiger partial charge in [-0.05, 0) is 52.1 Å². The summed E-state index contributed by atoms with van der Waals surface area (Å²) >= 11 is 0. The lowest BCUT2D eigenvalue weighted by Gasteiger charge is -2.25. The van der Waals surface area contributed by atoms with E-state index in [0.29, 0.717) is 31.5 Å². The highest BCUT2D eigenvalue weighted by Crippen LogP contribution is 2.15. The molecule has 0 aromatic rings. The molecule has 1 saturated heterocycles. The van der Waals surface area contributed by atoms with Gasteiger partial charge >= 0.3 is 6.03 Å². The van der Waals surface area contributed by atoms with E-state index in [2.05, 4.69) is 36.4 Å². The molecule has 0 radical (unpaired) electrons. The van der Waals surface area contributed by atoms with Gasteiger partial charge in [0, 0.05) is 19.1 Å². The third kappa shape index (κ3) is 6.57. The lowest BCUT2D eigenvalue weighted by Crippen LogP contribution is -2.47. The molecular formula is C15H31N3O2. The summed E-state index contributed by atoms with van der Waals surface area (Å²) in [6, 6.07) is 0.261. The lowest BCUT2D eigenvalue weighted by molar-refractivity contribution is 0.0476. The number of carbonyl (C=O) groups excluding carboxylic acids is 1. The Morgan fingerprint density at radius 2 is 2.15 bits per heavy atom. The fraction of sp³-hybridized carbons (Fsp3) is 0.933. The Hall–Kier alpha value is -0.810. The number of carbonyl (C=O) groups is 1. The second kappa shape index (κ2) is 7.84. The van der Waals surface area contributed by atoms with Gasteiger partial charge in [-0.2, -0.15) is 0 Å². The molecule has 20 heavy (non-hydrogen) atoms. The first-order valence-electron chi connectivity index (χ1n) is 7.74. The van der Waals surface area contributed by atoms with Crippen LogP contribution in [0.5, 0.6) is 0 Å². The highest BCUT2D eigenvalue weighted by molar-refractivity contribution is 5.73. The van der Waals surface area contributed by atoms with Crippen molar-refractivity contribution < 1.29 is 9.90 Å². The summed E-state index contributed by atoms with van der Waals surface area (Å²) in [4.78, 5) is 14.0. The lowest BCUT2D eigenvalue weighted by atomic mass is 9.95. The van der Waals surface area contributed by atoms with Gasteiger partial charge in [-0.3, -0.25) is 0 Å². The zero-order chi connectivity index (χ0) is 15.2. The molecule has 1 fully saturated rings. The van der Waals surface area contributed by atoms with Gasteiger partial charge in [0.1, 0.15) is 0 Å². The number of hydrogen-bond acceptors (Lipinski definition) is 3. The SMILES string of the molecule is CC(C)CCC(C)(O)CNC(=O)NCC1CCCN1C. The average Bonchev–Trinajstić information content (AvgIpc) is 2.77. The first kappa shape index (κ1) is 17.2. The number of aliphatic hydroxyl groups is 1. The Morgan fingerprint density at radius 1 is 1.45 bits per heavy atom. The fourth-order valence-electron chi connectivity index (χ4n) is 2.47. The molecule has 0 aliphatic carbocycles. The van der Waals surface area contributed by atoms with Crippen molar-refractivity contribution in [3.63, 3.8) is 0 Å². The Kier molecular flexibility index (Phi) is 6.76. The monoisotopic (exact) mass is 285 g/mol. The van der Waals surface area contributed by atoms with E-state index >= 15 is 0 Å². The molecule has 3 N–H and O–H groups in total. The molecule has 1 heterocycles. The summed E-state index contributed by atoms with van der Waals surface area (Å²) in [5.41, 5.74) is -0.828. The van der Waals surface area contributed by atoms with Gasteiger partial charge < -0.3 is 20.6 Å². The number of likely N-dealkylation sites (tertiary alicyclic amines) is 1. The Bertz CT molecular complexity index is 305. The molecule has 2 amide bonds. The summed E-state index contributed by atoms with van der Waals surface area (Å²) < 4.78 is 0. The van der Waals surface area contributed by atoms with Crippen molar-refractivity contribution in [3.8, 4) is 0 Å². The third-order valence-electron chi connectivity index (χ3n) is 4.06. The molecule has 1 rings (SSSR count). The fourth-order valence-corrected chi connectivity index (χ4v) is 2.47. The number of likely N-dealkylation sites (N-methyl/N-ethyl adjacent to an activating group) is 1. The van der Waals surface area contributed by atoms with Gasteiger partial charge in [0.25, 0.3) is 0 Å². The molecule has 118 valence electrons. The number of nitrogens with one attached hydrogen (secondary N) is 2. The van der Waals surface area contributed by atoms with E-state index in [1.807, 2.05) is 0 Å². The zero-order valence-electron chi connectivity index (χ0n) is 13.4. The number of amides is 2. The van der Waals surface area contributed by atoms with Gasteiger partial charge in [-0.1, -0.05) is 13.8 Å². The average molecular weight is 285 g/mol. The maximum absolute atomic E-state index is 11.7. The Labute approximate surface area is 123 Å². The summed E-state index contributed by atoms with van der Waals surface area (Å²) in [6.07, 6.45) is 4.01. The van der Waals surface area contributed by atoms with Crippen molar-refractivity contribution in [3.05, 3.63) is 0 Å². The predicted molar refractivity (Wildman–Crippen MR) is 81.7 cm³/mol. The molecule has 0 saturated carbocycles. The molecule has 5 nitrogen and oxygen atoms in total. The van der Waals surface area contributed by atoms with E-state index in [0.717, 1.165) is 19.4 Å². The second-order valence-electron chi connectivity index (χ2n) is 6.77. The molecular weight excluding hydrogens is 254 g/mol. The molecule has 0 spiro atoms. The Morgan fingerprint density at radius 3 is 2.70 bits per heavy atom. The van der Waals surface area contributed by atoms with Crippen LogP contribution in [0, 0.1) is 5.92 Å². The van der Waals surface area contributed by atoms with Crippen molar-refractivity contribution in [2.45, 2.75) is 58.1 Å². The van der Waals surface area contributed by atoms with Crippen LogP contribution in [0.3, 0.4) is 0 Å². The van der Waals surface area contributed by atoms with E-state index in [-0.39, 0.29) is 6.03 Å². The molecule has 5 heteroatoms. The van der Waals surface area contributed by atoms with Gasteiger partial charge in [0.15, 0.2) is 0 Å². The maximum Gasteiger partial charge on any atom is 0.314 e. The summed E-state index contributed by atoms with van der Waals surface area (Å²) in [7, 11) is 2.09. The van der Waals surface area contributed by atoms with E-state index in [9.17, 15) is 9.90 Å². The molecule has 0 bridgehead atoms. The summed E-state index contributed by atoms with van der Waals surface area (Å²) in [5.74, 6) is 0.563. The van der Waals surface area contributed by atoms with Crippen LogP contribution < -0.4 is 10.6 Å². The largest absolute Gasteiger partial charge is 0.388 e. The van der Waals surface area contributed by atoms with Crippen LogP contribution >= 0.6 is 0 Å². The van der Waals surface area contributed by atoms with E-state index in [1.165, 1.54) is 6.42 Å². The van der Waals surface area contributed by atoms with Crippen molar-refractivity contribution in [1.82, 2.24) is 15.5 Å². The van der Waals surface area contributed by atoms with Gasteiger partial charge in [-0.15, -0.1) is 0 Å². The van der Waals surface area contributed by atoms with E-state index in [1.54, 1.807) is 6.92 Å². The highest BCUT2D eigenvalue weighted by atomic mass is 16.3. The number of hydrogen-bond donors (Lipinski definition) is 3. The third-order valence-corrected chi connectivity index (χ3v) is 4.06. The first-order valence-corrected chi connectivity index (χ1v) is 7.74. The molecule has 1 aliphatic heterocycles. The van der Waals surface area contributed by atoms with Crippen LogP contribution in [0.25, 0.3) is 0 Å². The highest BCUT2D eigenvalue weighted by Gasteiger charge is 2.23. The molecule has 2 atom stereocenters. The number of urea groups is 1. The van der Waals surface area contributed by atoms with E-state index < -0.39 is 5.60 Å². The van der Waals surface area contributed by atoms with Crippen LogP contribution in [-0.2, 0) is 0 Å². The number of nitrogens with zero attached hydrogens (tertiary/aromatic N) is 1. The van der Waals surface area contributed by atoms with Crippen LogP contribution in [0.2, 0.25) is 0 Å². The van der Waals surface area contributed by atoms with E-state index in [4.69, 9.17) is 0 Å². The predicted octanol–water partition coefficient (Wildman–Crippen LogP) is 1.57. The second-order valence-corrected chi connectivity index (χ2v) is 6.77. The van der Waals surface area contributed by atoms with Gasteiger partial charge in [0.2, 0.25) is 0 Å². The Balaban J connectivity index is 2.18. The van der Waals surface area contributed by atoms with Gasteiger partial charge in [-0.25, -0.2) is 4.79 Å². The topological polar surface area (TPSA) is 64.6 Å². The quantitative estimate of drug-likeness (QED) is 0.665. The van der Waals surface area contributed by atoms with Crippen LogP contribution in [0.1, 0.15) is 46.5 Å². The van der Waals surface area contributed by atoms with Crippen molar-refractivity contribution in [1.29, 1.82) is 0 Å². The van der Waals surface area contributed by atoms with Crippen molar-refractivity contribution in [2.75, 3.05) is 26.7 Å². The summed E-state index contributed by atoms with van der Waals surface area (Å²) in [6.45, 7) is 8.13. The minimum atomic E-state index is -0.828. The molecule has 1 aliphatic rings. The first-order chi connectivity index (χ1) is 9.30. The van der Waals surface area contributed by atoms with Crippen LogP contribution in [-0.4, -0.2) is 54.4 Å². The van der Waals surface area contributed by atoms with Crippen LogP contribution in [0.4, 0.5) is 4.79 Å². The smallest absolute Gasteiger partial charge is 0.314 e.